The molecule has 0 amide bonds. The average Bonchev–Trinajstić information content (AvgIpc) is 2.40. The van der Waals surface area contributed by atoms with Crippen LogP contribution in [-0.2, 0) is 5.41 Å². The molecule has 19 heavy (non-hydrogen) atoms. The lowest BCUT2D eigenvalue weighted by atomic mass is 9.44. The Morgan fingerprint density at radius 1 is 1.00 bits per heavy atom. The summed E-state index contributed by atoms with van der Waals surface area (Å²) < 4.78 is 0. The molecule has 4 aliphatic carbocycles. The number of rotatable bonds is 1. The van der Waals surface area contributed by atoms with E-state index < -0.39 is 0 Å². The van der Waals surface area contributed by atoms with Crippen LogP contribution in [0.3, 0.4) is 0 Å². The van der Waals surface area contributed by atoms with E-state index in [-0.39, 0.29) is 5.41 Å². The minimum absolute atomic E-state index is 0.293. The van der Waals surface area contributed by atoms with Crippen LogP contribution in [0.4, 0.5) is 5.69 Å². The van der Waals surface area contributed by atoms with Crippen LogP contribution < -0.4 is 5.73 Å². The fourth-order valence-electron chi connectivity index (χ4n) is 5.48. The molecule has 0 unspecified atom stereocenters. The normalized spacial score (nSPS) is 43.1. The zero-order valence-electron chi connectivity index (χ0n) is 11.2. The Labute approximate surface area is 114 Å². The lowest BCUT2D eigenvalue weighted by molar-refractivity contribution is -0.0345. The van der Waals surface area contributed by atoms with Gasteiger partial charge in [-0.05, 0) is 67.4 Å². The van der Waals surface area contributed by atoms with Crippen molar-refractivity contribution < 1.29 is 0 Å². The van der Waals surface area contributed by atoms with Crippen molar-refractivity contribution in [2.45, 2.75) is 37.5 Å². The largest absolute Gasteiger partial charge is 0.398 e. The molecule has 2 nitrogen and oxygen atoms in total. The van der Waals surface area contributed by atoms with Crippen LogP contribution in [0.5, 0.6) is 0 Å². The van der Waals surface area contributed by atoms with E-state index in [1.54, 1.807) is 0 Å². The monoisotopic (exact) mass is 252 g/mol. The third-order valence-electron chi connectivity index (χ3n) is 6.02. The Hall–Kier alpha value is -1.49. The van der Waals surface area contributed by atoms with Gasteiger partial charge in [-0.2, -0.15) is 5.26 Å². The molecule has 0 aromatic heterocycles. The fourth-order valence-corrected chi connectivity index (χ4v) is 5.48. The molecule has 2 N–H and O–H groups in total. The lowest BCUT2D eigenvalue weighted by Gasteiger charge is -2.58. The van der Waals surface area contributed by atoms with Crippen LogP contribution in [0, 0.1) is 35.0 Å². The molecule has 0 atom stereocenters. The summed E-state index contributed by atoms with van der Waals surface area (Å²) in [5, 5.41) is 10.0. The van der Waals surface area contributed by atoms with Gasteiger partial charge in [-0.15, -0.1) is 0 Å². The topological polar surface area (TPSA) is 49.8 Å². The maximum Gasteiger partial charge on any atom is 0.0898 e. The molecule has 4 fully saturated rings. The van der Waals surface area contributed by atoms with E-state index in [2.05, 4.69) is 12.1 Å². The highest BCUT2D eigenvalue weighted by molar-refractivity contribution is 5.55. The second-order valence-electron chi connectivity index (χ2n) is 6.87. The van der Waals surface area contributed by atoms with E-state index in [0.29, 0.717) is 11.8 Å². The van der Waals surface area contributed by atoms with Crippen molar-refractivity contribution in [1.29, 1.82) is 5.26 Å². The number of hydrogen-bond acceptors (Lipinski definition) is 2. The van der Waals surface area contributed by atoms with E-state index in [0.717, 1.165) is 23.1 Å². The van der Waals surface area contributed by atoms with Gasteiger partial charge in [0.15, 0.2) is 0 Å². The average molecular weight is 252 g/mol. The molecule has 98 valence electrons. The van der Waals surface area contributed by atoms with Gasteiger partial charge in [-0.3, -0.25) is 0 Å². The number of nitrogens with two attached hydrogens (primary N) is 1. The smallest absolute Gasteiger partial charge is 0.0898 e. The molecule has 0 radical (unpaired) electrons. The summed E-state index contributed by atoms with van der Waals surface area (Å²) in [5.41, 5.74) is 7.85. The summed E-state index contributed by atoms with van der Waals surface area (Å²) in [6, 6.07) is 10.8. The molecule has 0 heterocycles. The van der Waals surface area contributed by atoms with Crippen molar-refractivity contribution in [3.63, 3.8) is 0 Å². The van der Waals surface area contributed by atoms with Gasteiger partial charge in [-0.1, -0.05) is 18.2 Å². The highest BCUT2D eigenvalue weighted by atomic mass is 14.7. The molecule has 2 heteroatoms. The maximum atomic E-state index is 10.0. The highest BCUT2D eigenvalue weighted by Gasteiger charge is 2.58. The molecule has 4 bridgehead atoms. The van der Waals surface area contributed by atoms with Crippen LogP contribution in [0.2, 0.25) is 0 Å². The van der Waals surface area contributed by atoms with Crippen molar-refractivity contribution in [2.24, 2.45) is 23.7 Å². The van der Waals surface area contributed by atoms with Gasteiger partial charge in [0.1, 0.15) is 0 Å². The summed E-state index contributed by atoms with van der Waals surface area (Å²) in [6.07, 6.45) is 6.40. The highest BCUT2D eigenvalue weighted by Crippen LogP contribution is 2.63. The quantitative estimate of drug-likeness (QED) is 0.778. The standard InChI is InChI=1S/C17H20N2/c18-10-17(15-3-1-2-4-16(15)19)13-6-11-5-12(8-13)9-14(17)7-11/h1-4,11-14H,5-9,19H2. The predicted octanol–water partition coefficient (Wildman–Crippen LogP) is 3.49. The molecule has 1 aromatic carbocycles. The molecule has 5 rings (SSSR count). The number of nitrogens with zero attached hydrogens (tertiary/aromatic N) is 1. The van der Waals surface area contributed by atoms with Gasteiger partial charge < -0.3 is 5.73 Å². The van der Waals surface area contributed by atoms with E-state index in [4.69, 9.17) is 5.73 Å². The number of nitrogen functional groups attached to an aromatic ring is 1. The molecule has 4 aliphatic rings. The number of para-hydroxylation sites is 1. The van der Waals surface area contributed by atoms with Gasteiger partial charge in [0.2, 0.25) is 0 Å². The number of benzene rings is 1. The summed E-state index contributed by atoms with van der Waals surface area (Å²) >= 11 is 0. The Morgan fingerprint density at radius 2 is 1.58 bits per heavy atom. The summed E-state index contributed by atoms with van der Waals surface area (Å²) in [7, 11) is 0. The first kappa shape index (κ1) is 11.3. The first-order valence-electron chi connectivity index (χ1n) is 7.50. The lowest BCUT2D eigenvalue weighted by Crippen LogP contribution is -2.55. The Bertz CT molecular complexity index is 527. The van der Waals surface area contributed by atoms with Crippen LogP contribution >= 0.6 is 0 Å². The van der Waals surface area contributed by atoms with Gasteiger partial charge in [0.05, 0.1) is 11.5 Å². The van der Waals surface area contributed by atoms with E-state index in [9.17, 15) is 5.26 Å². The summed E-state index contributed by atoms with van der Waals surface area (Å²) in [6.45, 7) is 0. The third-order valence-corrected chi connectivity index (χ3v) is 6.02. The Morgan fingerprint density at radius 3 is 2.11 bits per heavy atom. The van der Waals surface area contributed by atoms with E-state index in [1.165, 1.54) is 32.1 Å². The zero-order valence-corrected chi connectivity index (χ0v) is 11.2. The van der Waals surface area contributed by atoms with Crippen molar-refractivity contribution >= 4 is 5.69 Å². The molecule has 1 aromatic rings. The third kappa shape index (κ3) is 1.36. The van der Waals surface area contributed by atoms with Gasteiger partial charge in [0.25, 0.3) is 0 Å². The minimum Gasteiger partial charge on any atom is -0.398 e. The second kappa shape index (κ2) is 3.76. The summed E-state index contributed by atoms with van der Waals surface area (Å²) in [5.74, 6) is 2.85. The summed E-state index contributed by atoms with van der Waals surface area (Å²) in [4.78, 5) is 0. The van der Waals surface area contributed by atoms with Gasteiger partial charge >= 0.3 is 0 Å². The Balaban J connectivity index is 1.87. The predicted molar refractivity (Wildman–Crippen MR) is 75.2 cm³/mol. The number of nitriles is 1. The van der Waals surface area contributed by atoms with Gasteiger partial charge in [-0.25, -0.2) is 0 Å². The van der Waals surface area contributed by atoms with Crippen molar-refractivity contribution in [2.75, 3.05) is 5.73 Å². The van der Waals surface area contributed by atoms with Crippen molar-refractivity contribution in [1.82, 2.24) is 0 Å². The maximum absolute atomic E-state index is 10.0. The molecular weight excluding hydrogens is 232 g/mol. The minimum atomic E-state index is -0.293. The van der Waals surface area contributed by atoms with Crippen molar-refractivity contribution in [3.05, 3.63) is 29.8 Å². The molecule has 4 saturated carbocycles. The number of hydrogen-bond donors (Lipinski definition) is 1. The molecule has 0 saturated heterocycles. The van der Waals surface area contributed by atoms with E-state index >= 15 is 0 Å². The van der Waals surface area contributed by atoms with Crippen LogP contribution in [0.25, 0.3) is 0 Å². The zero-order chi connectivity index (χ0) is 13.0. The Kier molecular flexibility index (Phi) is 2.24. The molecular formula is C17H20N2. The van der Waals surface area contributed by atoms with E-state index in [1.807, 2.05) is 18.2 Å². The van der Waals surface area contributed by atoms with Gasteiger partial charge in [0, 0.05) is 5.69 Å². The van der Waals surface area contributed by atoms with Crippen LogP contribution in [0.15, 0.2) is 24.3 Å². The molecule has 0 aliphatic heterocycles. The molecule has 0 spiro atoms. The van der Waals surface area contributed by atoms with Crippen molar-refractivity contribution in [3.8, 4) is 6.07 Å². The SMILES string of the molecule is N#CC1(c2ccccc2N)C2CC3CC(C2)CC1C3. The first-order valence-corrected chi connectivity index (χ1v) is 7.50. The van der Waals surface area contributed by atoms with Crippen LogP contribution in [-0.4, -0.2) is 0 Å². The fraction of sp³-hybridized carbons (Fsp3) is 0.588. The van der Waals surface area contributed by atoms with Crippen LogP contribution in [0.1, 0.15) is 37.7 Å². The first-order chi connectivity index (χ1) is 9.24. The second-order valence-corrected chi connectivity index (χ2v) is 6.87. The number of anilines is 1.